The highest BCUT2D eigenvalue weighted by molar-refractivity contribution is 8.00. The second-order valence-electron chi connectivity index (χ2n) is 7.34. The summed E-state index contributed by atoms with van der Waals surface area (Å²) in [6.07, 6.45) is 0.0419. The first-order chi connectivity index (χ1) is 16.6. The Morgan fingerprint density at radius 2 is 1.59 bits per heavy atom. The Balaban J connectivity index is 1.37. The van der Waals surface area contributed by atoms with Crippen molar-refractivity contribution in [1.29, 1.82) is 0 Å². The van der Waals surface area contributed by atoms with Crippen LogP contribution in [0.15, 0.2) is 89.3 Å². The number of halogens is 1. The van der Waals surface area contributed by atoms with Gasteiger partial charge in [0.05, 0.1) is 12.5 Å². The standard InChI is InChI=1S/C25H21FN4O2S2/c26-20-13-11-17(12-14-20)16-33-25-30-29-24(34-25)28-22(31)15-21(18-7-3-1-4-8-18)27-23(32)19-9-5-2-6-10-19/h1-14,21H,15-16H2,(H,27,32)(H,28,29,31)/t21-/m0/s1. The minimum atomic E-state index is -0.505. The highest BCUT2D eigenvalue weighted by atomic mass is 32.2. The third-order valence-electron chi connectivity index (χ3n) is 4.86. The van der Waals surface area contributed by atoms with Crippen LogP contribution in [0, 0.1) is 5.82 Å². The lowest BCUT2D eigenvalue weighted by Gasteiger charge is -2.18. The van der Waals surface area contributed by atoms with Crippen molar-refractivity contribution in [3.63, 3.8) is 0 Å². The molecule has 2 amide bonds. The van der Waals surface area contributed by atoms with Gasteiger partial charge in [-0.1, -0.05) is 83.8 Å². The molecule has 6 nitrogen and oxygen atoms in total. The number of rotatable bonds is 9. The molecule has 34 heavy (non-hydrogen) atoms. The molecule has 172 valence electrons. The van der Waals surface area contributed by atoms with Gasteiger partial charge in [0.1, 0.15) is 5.82 Å². The molecule has 0 spiro atoms. The van der Waals surface area contributed by atoms with E-state index in [9.17, 15) is 14.0 Å². The zero-order chi connectivity index (χ0) is 23.8. The molecule has 3 aromatic carbocycles. The lowest BCUT2D eigenvalue weighted by atomic mass is 10.0. The minimum absolute atomic E-state index is 0.0419. The fourth-order valence-corrected chi connectivity index (χ4v) is 4.89. The Morgan fingerprint density at radius 3 is 2.29 bits per heavy atom. The molecule has 4 rings (SSSR count). The summed E-state index contributed by atoms with van der Waals surface area (Å²) < 4.78 is 13.7. The van der Waals surface area contributed by atoms with Crippen LogP contribution in [0.2, 0.25) is 0 Å². The van der Waals surface area contributed by atoms with Crippen LogP contribution < -0.4 is 10.6 Å². The van der Waals surface area contributed by atoms with E-state index in [1.807, 2.05) is 36.4 Å². The summed E-state index contributed by atoms with van der Waals surface area (Å²) in [7, 11) is 0. The van der Waals surface area contributed by atoms with Crippen LogP contribution >= 0.6 is 23.1 Å². The first kappa shape index (κ1) is 23.6. The molecular weight excluding hydrogens is 471 g/mol. The van der Waals surface area contributed by atoms with Gasteiger partial charge >= 0.3 is 0 Å². The van der Waals surface area contributed by atoms with E-state index >= 15 is 0 Å². The number of amides is 2. The zero-order valence-electron chi connectivity index (χ0n) is 18.0. The normalized spacial score (nSPS) is 11.6. The van der Waals surface area contributed by atoms with Gasteiger partial charge in [0.15, 0.2) is 4.34 Å². The maximum Gasteiger partial charge on any atom is 0.251 e. The average molecular weight is 493 g/mol. The van der Waals surface area contributed by atoms with Crippen molar-refractivity contribution in [2.75, 3.05) is 5.32 Å². The molecule has 0 aliphatic rings. The predicted molar refractivity (Wildman–Crippen MR) is 132 cm³/mol. The number of carbonyl (C=O) groups excluding carboxylic acids is 2. The van der Waals surface area contributed by atoms with Gasteiger partial charge in [0.2, 0.25) is 11.0 Å². The lowest BCUT2D eigenvalue weighted by molar-refractivity contribution is -0.116. The highest BCUT2D eigenvalue weighted by Gasteiger charge is 2.20. The Labute approximate surface area is 204 Å². The third kappa shape index (κ3) is 6.72. The van der Waals surface area contributed by atoms with Crippen molar-refractivity contribution < 1.29 is 14.0 Å². The molecule has 0 unspecified atom stereocenters. The fraction of sp³-hybridized carbons (Fsp3) is 0.120. The smallest absolute Gasteiger partial charge is 0.251 e. The topological polar surface area (TPSA) is 84.0 Å². The molecule has 0 saturated heterocycles. The van der Waals surface area contributed by atoms with Gasteiger partial charge in [-0.25, -0.2) is 4.39 Å². The van der Waals surface area contributed by atoms with Gasteiger partial charge in [-0.3, -0.25) is 9.59 Å². The van der Waals surface area contributed by atoms with E-state index < -0.39 is 6.04 Å². The molecule has 0 saturated carbocycles. The van der Waals surface area contributed by atoms with E-state index in [2.05, 4.69) is 20.8 Å². The minimum Gasteiger partial charge on any atom is -0.345 e. The molecule has 9 heteroatoms. The Kier molecular flexibility index (Phi) is 8.00. The fourth-order valence-electron chi connectivity index (χ4n) is 3.17. The van der Waals surface area contributed by atoms with Crippen molar-refractivity contribution in [3.8, 4) is 0 Å². The van der Waals surface area contributed by atoms with Gasteiger partial charge in [-0.2, -0.15) is 0 Å². The number of nitrogens with one attached hydrogen (secondary N) is 2. The summed E-state index contributed by atoms with van der Waals surface area (Å²) in [6.45, 7) is 0. The van der Waals surface area contributed by atoms with Gasteiger partial charge in [0.25, 0.3) is 5.91 Å². The summed E-state index contributed by atoms with van der Waals surface area (Å²) >= 11 is 2.72. The van der Waals surface area contributed by atoms with Gasteiger partial charge < -0.3 is 10.6 Å². The second kappa shape index (κ2) is 11.5. The van der Waals surface area contributed by atoms with Crippen LogP contribution in [-0.2, 0) is 10.5 Å². The van der Waals surface area contributed by atoms with Crippen LogP contribution in [0.1, 0.15) is 33.9 Å². The summed E-state index contributed by atoms with van der Waals surface area (Å²) in [5.74, 6) is -0.195. The van der Waals surface area contributed by atoms with Crippen molar-refractivity contribution in [2.24, 2.45) is 0 Å². The summed E-state index contributed by atoms with van der Waals surface area (Å²) in [4.78, 5) is 25.5. The Morgan fingerprint density at radius 1 is 0.912 bits per heavy atom. The van der Waals surface area contributed by atoms with Gasteiger partial charge in [-0.15, -0.1) is 10.2 Å². The zero-order valence-corrected chi connectivity index (χ0v) is 19.6. The molecule has 0 radical (unpaired) electrons. The summed E-state index contributed by atoms with van der Waals surface area (Å²) in [6, 6.07) is 24.0. The summed E-state index contributed by atoms with van der Waals surface area (Å²) in [5.41, 5.74) is 2.32. The average Bonchev–Trinajstić information content (AvgIpc) is 3.31. The van der Waals surface area contributed by atoms with E-state index in [4.69, 9.17) is 0 Å². The third-order valence-corrected chi connectivity index (χ3v) is 6.90. The molecule has 0 aliphatic heterocycles. The van der Waals surface area contributed by atoms with Crippen molar-refractivity contribution in [2.45, 2.75) is 22.6 Å². The predicted octanol–water partition coefficient (Wildman–Crippen LogP) is 5.47. The second-order valence-corrected chi connectivity index (χ2v) is 9.54. The molecule has 0 fully saturated rings. The molecule has 0 aliphatic carbocycles. The number of hydrogen-bond acceptors (Lipinski definition) is 6. The number of carbonyl (C=O) groups is 2. The number of aromatic nitrogens is 2. The number of benzene rings is 3. The van der Waals surface area contributed by atoms with Crippen molar-refractivity contribution in [3.05, 3.63) is 107 Å². The monoisotopic (exact) mass is 492 g/mol. The van der Waals surface area contributed by atoms with Crippen molar-refractivity contribution >= 4 is 40.0 Å². The number of anilines is 1. The van der Waals surface area contributed by atoms with E-state index in [1.54, 1.807) is 36.4 Å². The molecule has 1 heterocycles. The molecular formula is C25H21FN4O2S2. The van der Waals surface area contributed by atoms with Crippen LogP contribution in [0.5, 0.6) is 0 Å². The molecule has 0 bridgehead atoms. The van der Waals surface area contributed by atoms with Gasteiger partial charge in [-0.05, 0) is 35.4 Å². The number of thioether (sulfide) groups is 1. The van der Waals surface area contributed by atoms with Crippen LogP contribution in [-0.4, -0.2) is 22.0 Å². The Hall–Kier alpha value is -3.56. The highest BCUT2D eigenvalue weighted by Crippen LogP contribution is 2.29. The first-order valence-electron chi connectivity index (χ1n) is 10.5. The summed E-state index contributed by atoms with van der Waals surface area (Å²) in [5, 5.41) is 14.2. The Bertz CT molecular complexity index is 1230. The molecule has 1 aromatic heterocycles. The van der Waals surface area contributed by atoms with E-state index in [-0.39, 0.29) is 24.1 Å². The van der Waals surface area contributed by atoms with E-state index in [0.29, 0.717) is 20.8 Å². The van der Waals surface area contributed by atoms with Crippen LogP contribution in [0.3, 0.4) is 0 Å². The van der Waals surface area contributed by atoms with E-state index in [0.717, 1.165) is 11.1 Å². The molecule has 2 N–H and O–H groups in total. The van der Waals surface area contributed by atoms with Gasteiger partial charge in [0, 0.05) is 11.3 Å². The lowest BCUT2D eigenvalue weighted by Crippen LogP contribution is -2.31. The maximum absolute atomic E-state index is 13.0. The quantitative estimate of drug-likeness (QED) is 0.239. The number of nitrogens with zero attached hydrogens (tertiary/aromatic N) is 2. The molecule has 4 aromatic rings. The van der Waals surface area contributed by atoms with Crippen LogP contribution in [0.25, 0.3) is 0 Å². The maximum atomic E-state index is 13.0. The van der Waals surface area contributed by atoms with E-state index in [1.165, 1.54) is 35.2 Å². The largest absolute Gasteiger partial charge is 0.345 e. The van der Waals surface area contributed by atoms with Crippen molar-refractivity contribution in [1.82, 2.24) is 15.5 Å². The number of hydrogen-bond donors (Lipinski definition) is 2. The van der Waals surface area contributed by atoms with Crippen LogP contribution in [0.4, 0.5) is 9.52 Å². The first-order valence-corrected chi connectivity index (χ1v) is 12.3. The molecule has 1 atom stereocenters. The SMILES string of the molecule is O=C(C[C@H](NC(=O)c1ccccc1)c1ccccc1)Nc1nnc(SCc2ccc(F)cc2)s1.